The summed E-state index contributed by atoms with van der Waals surface area (Å²) < 4.78 is 0. The zero-order valence-corrected chi connectivity index (χ0v) is 14.3. The van der Waals surface area contributed by atoms with Gasteiger partial charge < -0.3 is 15.5 Å². The summed E-state index contributed by atoms with van der Waals surface area (Å²) in [6, 6.07) is 2.52. The van der Waals surface area contributed by atoms with Crippen molar-refractivity contribution in [1.82, 2.24) is 10.2 Å². The molecule has 1 heterocycles. The predicted molar refractivity (Wildman–Crippen MR) is 88.6 cm³/mol. The zero-order chi connectivity index (χ0) is 16.4. The van der Waals surface area contributed by atoms with Gasteiger partial charge in [0, 0.05) is 18.1 Å². The minimum atomic E-state index is -0.485. The largest absolute Gasteiger partial charge is 0.353 e. The van der Waals surface area contributed by atoms with E-state index in [-0.39, 0.29) is 17.9 Å². The molecule has 1 atom stereocenters. The lowest BCUT2D eigenvalue weighted by molar-refractivity contribution is -0.129. The number of benzene rings is 1. The summed E-state index contributed by atoms with van der Waals surface area (Å²) in [4.78, 5) is 26.1. The van der Waals surface area contributed by atoms with E-state index < -0.39 is 6.04 Å². The zero-order valence-electron chi connectivity index (χ0n) is 12.7. The molecule has 2 N–H and O–H groups in total. The van der Waals surface area contributed by atoms with Crippen molar-refractivity contribution >= 4 is 40.8 Å². The molecule has 0 aromatic heterocycles. The maximum atomic E-state index is 12.5. The number of piperazine rings is 1. The number of carbonyl (C=O) groups excluding carboxylic acids is 2. The fourth-order valence-electron chi connectivity index (χ4n) is 2.52. The second kappa shape index (κ2) is 6.75. The van der Waals surface area contributed by atoms with Crippen LogP contribution in [-0.4, -0.2) is 36.0 Å². The number of carbonyl (C=O) groups is 2. The molecule has 0 saturated carbocycles. The Labute approximate surface area is 139 Å². The Kier molecular flexibility index (Phi) is 5.19. The summed E-state index contributed by atoms with van der Waals surface area (Å²) in [5, 5.41) is 6.50. The molecule has 22 heavy (non-hydrogen) atoms. The van der Waals surface area contributed by atoms with Gasteiger partial charge in [0.1, 0.15) is 6.04 Å². The first-order chi connectivity index (χ1) is 10.3. The molecule has 0 aliphatic carbocycles. The van der Waals surface area contributed by atoms with Gasteiger partial charge in [0.15, 0.2) is 0 Å². The average molecular weight is 344 g/mol. The highest BCUT2D eigenvalue weighted by Crippen LogP contribution is 2.31. The lowest BCUT2D eigenvalue weighted by atomic mass is 10.00. The van der Waals surface area contributed by atoms with Crippen molar-refractivity contribution in [3.05, 3.63) is 27.7 Å². The number of amides is 3. The fraction of sp³-hybridized carbons (Fsp3) is 0.467. The van der Waals surface area contributed by atoms with Gasteiger partial charge in [-0.15, -0.1) is 0 Å². The second-order valence-electron chi connectivity index (χ2n) is 5.64. The maximum Gasteiger partial charge on any atom is 0.322 e. The van der Waals surface area contributed by atoms with Crippen LogP contribution >= 0.6 is 23.2 Å². The Morgan fingerprint density at radius 3 is 2.73 bits per heavy atom. The van der Waals surface area contributed by atoms with E-state index in [1.54, 1.807) is 24.0 Å². The van der Waals surface area contributed by atoms with Gasteiger partial charge >= 0.3 is 6.03 Å². The molecule has 1 aromatic carbocycles. The minimum Gasteiger partial charge on any atom is -0.353 e. The van der Waals surface area contributed by atoms with Crippen LogP contribution in [0.3, 0.4) is 0 Å². The summed E-state index contributed by atoms with van der Waals surface area (Å²) >= 11 is 12.2. The van der Waals surface area contributed by atoms with E-state index in [9.17, 15) is 9.59 Å². The molecule has 0 bridgehead atoms. The summed E-state index contributed by atoms with van der Waals surface area (Å²) in [7, 11) is 0. The molecule has 1 aliphatic rings. The molecule has 0 radical (unpaired) electrons. The summed E-state index contributed by atoms with van der Waals surface area (Å²) in [5.41, 5.74) is 1.19. The van der Waals surface area contributed by atoms with Crippen LogP contribution in [0.5, 0.6) is 0 Å². The quantitative estimate of drug-likeness (QED) is 0.865. The Bertz CT molecular complexity index is 605. The first-order valence-corrected chi connectivity index (χ1v) is 7.88. The van der Waals surface area contributed by atoms with E-state index in [0.717, 1.165) is 0 Å². The molecule has 5 nitrogen and oxygen atoms in total. The van der Waals surface area contributed by atoms with Crippen molar-refractivity contribution < 1.29 is 9.59 Å². The van der Waals surface area contributed by atoms with Gasteiger partial charge in [-0.25, -0.2) is 4.79 Å². The van der Waals surface area contributed by atoms with Gasteiger partial charge in [0.05, 0.1) is 10.7 Å². The van der Waals surface area contributed by atoms with Crippen molar-refractivity contribution in [1.29, 1.82) is 0 Å². The molecule has 1 fully saturated rings. The Morgan fingerprint density at radius 1 is 1.41 bits per heavy atom. The topological polar surface area (TPSA) is 61.4 Å². The smallest absolute Gasteiger partial charge is 0.322 e. The number of halogens is 2. The Balaban J connectivity index is 2.21. The normalized spacial score (nSPS) is 18.4. The molecular weight excluding hydrogens is 325 g/mol. The summed E-state index contributed by atoms with van der Waals surface area (Å²) in [5.74, 6) is -0.108. The number of urea groups is 1. The first kappa shape index (κ1) is 16.9. The van der Waals surface area contributed by atoms with Gasteiger partial charge in [-0.2, -0.15) is 0 Å². The lowest BCUT2D eigenvalue weighted by Gasteiger charge is -2.37. The number of nitrogens with one attached hydrogen (secondary N) is 2. The molecule has 0 unspecified atom stereocenters. The molecule has 120 valence electrons. The highest BCUT2D eigenvalue weighted by Gasteiger charge is 2.35. The van der Waals surface area contributed by atoms with E-state index in [0.29, 0.717) is 34.4 Å². The molecule has 1 aliphatic heterocycles. The lowest BCUT2D eigenvalue weighted by Crippen LogP contribution is -2.60. The third-order valence-electron chi connectivity index (χ3n) is 3.71. The van der Waals surface area contributed by atoms with Crippen LogP contribution in [0.1, 0.15) is 19.4 Å². The molecule has 2 rings (SSSR count). The number of hydrogen-bond acceptors (Lipinski definition) is 2. The molecule has 7 heteroatoms. The number of hydrogen-bond donors (Lipinski definition) is 2. The van der Waals surface area contributed by atoms with E-state index in [1.165, 1.54) is 0 Å². The Morgan fingerprint density at radius 2 is 2.09 bits per heavy atom. The molecule has 0 spiro atoms. The van der Waals surface area contributed by atoms with Crippen LogP contribution in [0.15, 0.2) is 12.1 Å². The summed E-state index contributed by atoms with van der Waals surface area (Å²) in [6.45, 7) is 6.52. The van der Waals surface area contributed by atoms with Crippen LogP contribution in [0.4, 0.5) is 10.5 Å². The van der Waals surface area contributed by atoms with Gasteiger partial charge in [-0.3, -0.25) is 4.79 Å². The first-order valence-electron chi connectivity index (χ1n) is 7.13. The number of nitrogens with zero attached hydrogens (tertiary/aromatic N) is 1. The van der Waals surface area contributed by atoms with E-state index in [2.05, 4.69) is 10.6 Å². The minimum absolute atomic E-state index is 0.0217. The van der Waals surface area contributed by atoms with Crippen molar-refractivity contribution in [2.45, 2.75) is 26.8 Å². The van der Waals surface area contributed by atoms with E-state index >= 15 is 0 Å². The van der Waals surface area contributed by atoms with Gasteiger partial charge in [0.2, 0.25) is 5.91 Å². The predicted octanol–water partition coefficient (Wildman–Crippen LogP) is 3.29. The highest BCUT2D eigenvalue weighted by molar-refractivity contribution is 6.38. The fourth-order valence-corrected chi connectivity index (χ4v) is 2.94. The van der Waals surface area contributed by atoms with Gasteiger partial charge in [0.25, 0.3) is 0 Å². The Hall–Kier alpha value is -1.46. The summed E-state index contributed by atoms with van der Waals surface area (Å²) in [6.07, 6.45) is 0. The van der Waals surface area contributed by atoms with E-state index in [4.69, 9.17) is 23.2 Å². The van der Waals surface area contributed by atoms with Crippen LogP contribution < -0.4 is 10.6 Å². The van der Waals surface area contributed by atoms with Crippen molar-refractivity contribution in [3.8, 4) is 0 Å². The third-order valence-corrected chi connectivity index (χ3v) is 4.61. The van der Waals surface area contributed by atoms with Crippen molar-refractivity contribution in [3.63, 3.8) is 0 Å². The van der Waals surface area contributed by atoms with Crippen LogP contribution in [-0.2, 0) is 4.79 Å². The van der Waals surface area contributed by atoms with Crippen LogP contribution in [0.2, 0.25) is 10.0 Å². The number of anilines is 1. The van der Waals surface area contributed by atoms with Crippen LogP contribution in [0, 0.1) is 12.8 Å². The highest BCUT2D eigenvalue weighted by atomic mass is 35.5. The third kappa shape index (κ3) is 3.31. The molecular formula is C15H19Cl2N3O2. The average Bonchev–Trinajstić information content (AvgIpc) is 2.47. The SMILES string of the molecule is Cc1c(Cl)ccc(NC(=O)N2CCNC(=O)[C@H]2C(C)C)c1Cl. The molecule has 3 amide bonds. The van der Waals surface area contributed by atoms with Crippen molar-refractivity contribution in [2.75, 3.05) is 18.4 Å². The monoisotopic (exact) mass is 343 g/mol. The standard InChI is InChI=1S/C15H19Cl2N3O2/c1-8(2)13-14(21)18-6-7-20(13)15(22)19-11-5-4-10(16)9(3)12(11)17/h4-5,8,13H,6-7H2,1-3H3,(H,18,21)(H,19,22)/t13-/m1/s1. The van der Waals surface area contributed by atoms with Crippen LogP contribution in [0.25, 0.3) is 0 Å². The van der Waals surface area contributed by atoms with E-state index in [1.807, 2.05) is 13.8 Å². The van der Waals surface area contributed by atoms with Crippen molar-refractivity contribution in [2.24, 2.45) is 5.92 Å². The second-order valence-corrected chi connectivity index (χ2v) is 6.42. The van der Waals surface area contributed by atoms with Gasteiger partial charge in [-0.05, 0) is 30.5 Å². The number of rotatable bonds is 2. The maximum absolute atomic E-state index is 12.5. The van der Waals surface area contributed by atoms with Gasteiger partial charge in [-0.1, -0.05) is 37.0 Å². The molecule has 1 saturated heterocycles. The molecule has 1 aromatic rings.